The molecule has 0 unspecified atom stereocenters. The van der Waals surface area contributed by atoms with Gasteiger partial charge < -0.3 is 98.6 Å². The van der Waals surface area contributed by atoms with E-state index in [1.807, 2.05) is 0 Å². The largest absolute Gasteiger partial charge is 2.00 e. The summed E-state index contributed by atoms with van der Waals surface area (Å²) >= 11 is 0. The number of aliphatic carboxylic acids is 4. The van der Waals surface area contributed by atoms with Crippen molar-refractivity contribution in [3.05, 3.63) is 102 Å². The molecule has 2 fully saturated rings. The van der Waals surface area contributed by atoms with Crippen molar-refractivity contribution in [2.75, 3.05) is 96.6 Å². The molecule has 2 aliphatic rings. The fourth-order valence-corrected chi connectivity index (χ4v) is 13.4. The summed E-state index contributed by atoms with van der Waals surface area (Å²) in [6.45, 7) is 0.689. The maximum absolute atomic E-state index is 15.3. The van der Waals surface area contributed by atoms with E-state index in [1.165, 1.54) is 39.0 Å². The van der Waals surface area contributed by atoms with Gasteiger partial charge in [-0.05, 0) is 74.5 Å². The SMILES string of the molecule is C[C@@H](O)[C@H](NC(=O)[C@@H]1CSSC[C@H](NC(=O)[C@@H](Cc2ccccc2)NC(=O)CN2CCN(CC(=O)[O-])CCN(CC(=O)[O-])CCN(CC(=O)O)CC2)C(=O)N[C@@H](Cc2ccc(O)cc2)C(=O)N[C@H](Cc2c[nH]c3ccccc23)C(=O)N[C@@H](CCCCN)C(=O)N[C@@H]([C@@H](C)O)C(=O)N1)C(=O)O.[Cu+2]. The predicted octanol–water partition coefficient (Wildman–Crippen LogP) is -6.05. The number of aromatic nitrogens is 1. The Morgan fingerprint density at radius 1 is 0.614 bits per heavy atom. The number of hydrogen-bond acceptors (Lipinski definition) is 24. The van der Waals surface area contributed by atoms with E-state index in [9.17, 15) is 78.9 Å². The van der Waals surface area contributed by atoms with Gasteiger partial charge in [-0.15, -0.1) is 0 Å². The van der Waals surface area contributed by atoms with Gasteiger partial charge in [-0.2, -0.15) is 0 Å². The van der Waals surface area contributed by atoms with E-state index < -0.39 is 169 Å². The molecule has 10 atom stereocenters. The Morgan fingerprint density at radius 2 is 1.15 bits per heavy atom. The Bertz CT molecular complexity index is 3420. The van der Waals surface area contributed by atoms with Crippen LogP contribution < -0.4 is 58.5 Å². The van der Waals surface area contributed by atoms with Gasteiger partial charge in [-0.3, -0.25) is 62.8 Å². The molecule has 101 heavy (non-hydrogen) atoms. The van der Waals surface area contributed by atoms with Crippen molar-refractivity contribution in [1.82, 2.24) is 67.1 Å². The van der Waals surface area contributed by atoms with Gasteiger partial charge in [-0.25, -0.2) is 4.79 Å². The van der Waals surface area contributed by atoms with Crippen molar-refractivity contribution in [3.63, 3.8) is 0 Å². The summed E-state index contributed by atoms with van der Waals surface area (Å²) in [6.07, 6.45) is -1.96. The Hall–Kier alpha value is -8.42. The minimum atomic E-state index is -1.91. The van der Waals surface area contributed by atoms with Gasteiger partial charge in [0.25, 0.3) is 0 Å². The first kappa shape index (κ1) is 83.2. The van der Waals surface area contributed by atoms with Crippen molar-refractivity contribution in [1.29, 1.82) is 0 Å². The molecule has 0 saturated carbocycles. The number of fused-ring (bicyclic) bond motifs is 1. The Kier molecular flexibility index (Phi) is 34.7. The van der Waals surface area contributed by atoms with Crippen molar-refractivity contribution < 1.29 is 110 Å². The number of nitrogens with two attached hydrogens (primary N) is 1. The smallest absolute Gasteiger partial charge is 0.549 e. The molecular formula is C65H88CuN14O19S2. The maximum atomic E-state index is 15.3. The molecule has 2 aliphatic heterocycles. The first-order chi connectivity index (χ1) is 47.7. The van der Waals surface area contributed by atoms with Crippen LogP contribution in [0.2, 0.25) is 0 Å². The summed E-state index contributed by atoms with van der Waals surface area (Å²) in [6, 6.07) is 7.81. The molecule has 555 valence electrons. The molecule has 36 heteroatoms. The number of unbranched alkanes of at least 4 members (excludes halogenated alkanes) is 1. The third kappa shape index (κ3) is 28.1. The zero-order valence-electron chi connectivity index (χ0n) is 55.6. The Labute approximate surface area is 600 Å². The quantitative estimate of drug-likeness (QED) is 0.0158. The number of nitrogens with zero attached hydrogens (tertiary/aromatic N) is 4. The van der Waals surface area contributed by atoms with Gasteiger partial charge >= 0.3 is 29.0 Å². The van der Waals surface area contributed by atoms with Gasteiger partial charge in [0, 0.05) is 113 Å². The molecule has 0 spiro atoms. The number of carboxylic acids is 4. The van der Waals surface area contributed by atoms with Crippen LogP contribution in [0.3, 0.4) is 0 Å². The number of aromatic amines is 1. The average molecular weight is 1500 g/mol. The summed E-state index contributed by atoms with van der Waals surface area (Å²) in [5.74, 6) is -14.6. The second-order valence-corrected chi connectivity index (χ2v) is 27.0. The minimum Gasteiger partial charge on any atom is -0.549 e. The normalized spacial score (nSPS) is 21.7. The number of hydrogen-bond donors (Lipinski definition) is 15. The number of aromatic hydroxyl groups is 1. The fraction of sp³-hybridized carbons (Fsp3) is 0.508. The summed E-state index contributed by atoms with van der Waals surface area (Å²) in [5, 5.41) is 96.5. The monoisotopic (exact) mass is 1500 g/mol. The summed E-state index contributed by atoms with van der Waals surface area (Å²) < 4.78 is 0. The van der Waals surface area contributed by atoms with Crippen molar-refractivity contribution in [2.45, 2.75) is 113 Å². The second-order valence-electron chi connectivity index (χ2n) is 24.4. The fourth-order valence-electron chi connectivity index (χ4n) is 11.1. The number of H-pyrrole nitrogens is 1. The Balaban J connectivity index is 0.0000184. The molecular weight excluding hydrogens is 1410 g/mol. The van der Waals surface area contributed by atoms with E-state index in [0.717, 1.165) is 35.4 Å². The number of carbonyl (C=O) groups is 12. The molecule has 16 N–H and O–H groups in total. The third-order valence-electron chi connectivity index (χ3n) is 16.5. The predicted molar refractivity (Wildman–Crippen MR) is 362 cm³/mol. The number of carboxylic acid groups (broad SMARTS) is 4. The summed E-state index contributed by atoms with van der Waals surface area (Å²) in [7, 11) is 1.65. The zero-order chi connectivity index (χ0) is 73.0. The zero-order valence-corrected chi connectivity index (χ0v) is 58.2. The van der Waals surface area contributed by atoms with Gasteiger partial charge in [0.05, 0.1) is 37.2 Å². The molecule has 1 radical (unpaired) electrons. The number of aliphatic hydroxyl groups is 2. The van der Waals surface area contributed by atoms with Crippen molar-refractivity contribution in [3.8, 4) is 5.75 Å². The molecule has 2 saturated heterocycles. The first-order valence-corrected chi connectivity index (χ1v) is 35.0. The van der Waals surface area contributed by atoms with E-state index >= 15 is 14.4 Å². The Morgan fingerprint density at radius 3 is 1.71 bits per heavy atom. The van der Waals surface area contributed by atoms with Crippen LogP contribution in [0, 0.1) is 0 Å². The maximum Gasteiger partial charge on any atom is 2.00 e. The molecule has 8 amide bonds. The standard InChI is InChI=1S/C65H90N14O19S2.Cu/c1-38(80)56-64(96)73-51(63(95)75-57(39(2)81)65(97)98)37-100-99-36-50(72-59(91)47(28-40-10-4-3-5-11-40)68-52(83)32-76-20-22-77(33-53(84)85)24-26-79(35-55(88)89)27-25-78(23-21-76)34-54(86)87)62(94)70-48(29-41-15-17-43(82)18-16-41)60(92)71-49(30-42-31-67-45-13-7-6-12-44(42)45)61(93)69-46(58(90)74-56)14-8-9-19-66;/h3-7,10-13,15-18,31,38-39,46-51,56-57,67,80-82H,8-9,14,19-30,32-37,66H2,1-2H3,(H,68,83)(H,69,93)(H,70,94)(H,71,92)(H,72,91)(H,73,96)(H,74,90)(H,75,95)(H,84,85)(H,86,87)(H,88,89)(H,97,98);/q;+2/p-2/t38-,39-,46+,47-,48+,49-,50+,51+,56+,57+;/m1./s1. The van der Waals surface area contributed by atoms with Crippen molar-refractivity contribution >= 4 is 104 Å². The van der Waals surface area contributed by atoms with Gasteiger partial charge in [0.15, 0.2) is 6.04 Å². The molecule has 0 aliphatic carbocycles. The molecule has 6 rings (SSSR count). The molecule has 1 aromatic heterocycles. The third-order valence-corrected chi connectivity index (χ3v) is 19.0. The molecule has 0 bridgehead atoms. The van der Waals surface area contributed by atoms with E-state index in [-0.39, 0.29) is 114 Å². The van der Waals surface area contributed by atoms with Crippen LogP contribution in [-0.2, 0) is 93.9 Å². The van der Waals surface area contributed by atoms with E-state index in [4.69, 9.17) is 5.73 Å². The second kappa shape index (κ2) is 42.1. The molecule has 4 aromatic rings. The van der Waals surface area contributed by atoms with Gasteiger partial charge in [-0.1, -0.05) is 82.3 Å². The van der Waals surface area contributed by atoms with Gasteiger partial charge in [0.1, 0.15) is 48.0 Å². The number of amides is 8. The number of aliphatic hydroxyl groups excluding tert-OH is 2. The minimum absolute atomic E-state index is 0. The van der Waals surface area contributed by atoms with Crippen LogP contribution in [0.5, 0.6) is 5.75 Å². The number of nitrogens with one attached hydrogen (secondary N) is 9. The number of phenolic OH excluding ortho intramolecular Hbond substituents is 1. The van der Waals surface area contributed by atoms with Crippen LogP contribution in [-0.4, -0.2) is 278 Å². The summed E-state index contributed by atoms with van der Waals surface area (Å²) in [5.41, 5.74) is 7.94. The average Bonchev–Trinajstić information content (AvgIpc) is 1.75. The van der Waals surface area contributed by atoms with Crippen LogP contribution in [0.1, 0.15) is 49.8 Å². The van der Waals surface area contributed by atoms with Crippen molar-refractivity contribution in [2.24, 2.45) is 5.73 Å². The topological polar surface area (TPSA) is 503 Å². The first-order valence-electron chi connectivity index (χ1n) is 32.5. The van der Waals surface area contributed by atoms with E-state index in [1.54, 1.807) is 65.7 Å². The van der Waals surface area contributed by atoms with Crippen LogP contribution in [0.15, 0.2) is 85.1 Å². The van der Waals surface area contributed by atoms with Gasteiger partial charge in [0.2, 0.25) is 47.3 Å². The molecule has 33 nitrogen and oxygen atoms in total. The van der Waals surface area contributed by atoms with E-state index in [0.29, 0.717) is 34.0 Å². The summed E-state index contributed by atoms with van der Waals surface area (Å²) in [4.78, 5) is 175. The number of rotatable bonds is 26. The van der Waals surface area contributed by atoms with Crippen LogP contribution in [0.4, 0.5) is 0 Å². The number of phenols is 1. The molecule has 3 heterocycles. The van der Waals surface area contributed by atoms with Crippen LogP contribution >= 0.6 is 21.6 Å². The number of para-hydroxylation sites is 1. The number of benzene rings is 3. The number of carbonyl (C=O) groups excluding carboxylic acids is 10. The van der Waals surface area contributed by atoms with Crippen LogP contribution in [0.25, 0.3) is 10.9 Å². The van der Waals surface area contributed by atoms with E-state index in [2.05, 4.69) is 47.5 Å². The molecule has 3 aromatic carbocycles.